The van der Waals surface area contributed by atoms with E-state index in [1.807, 2.05) is 6.07 Å². The zero-order valence-corrected chi connectivity index (χ0v) is 16.8. The molecule has 2 aliphatic rings. The van der Waals surface area contributed by atoms with Gasteiger partial charge in [0, 0.05) is 60.3 Å². The summed E-state index contributed by atoms with van der Waals surface area (Å²) in [5.74, 6) is 0.0476. The highest BCUT2D eigenvalue weighted by atomic mass is 16.5. The van der Waals surface area contributed by atoms with Gasteiger partial charge in [-0.3, -0.25) is 9.69 Å². The van der Waals surface area contributed by atoms with Gasteiger partial charge in [-0.15, -0.1) is 0 Å². The maximum atomic E-state index is 12.8. The number of fused-ring (bicyclic) bond motifs is 1. The second kappa shape index (κ2) is 7.28. The fourth-order valence-corrected chi connectivity index (χ4v) is 4.37. The van der Waals surface area contributed by atoms with Crippen LogP contribution in [0.4, 0.5) is 0 Å². The number of hydrogen-bond acceptors (Lipinski definition) is 3. The van der Waals surface area contributed by atoms with E-state index in [0.29, 0.717) is 0 Å². The number of rotatable bonds is 6. The van der Waals surface area contributed by atoms with Crippen LogP contribution in [0.15, 0.2) is 18.2 Å². The number of nitrogens with zero attached hydrogens (tertiary/aromatic N) is 2. The van der Waals surface area contributed by atoms with Crippen LogP contribution in [0.3, 0.4) is 0 Å². The van der Waals surface area contributed by atoms with Crippen LogP contribution in [0.2, 0.25) is 0 Å². The number of benzene rings is 1. The number of nitrogens with one attached hydrogen (secondary N) is 1. The van der Waals surface area contributed by atoms with E-state index in [9.17, 15) is 4.79 Å². The van der Waals surface area contributed by atoms with Crippen molar-refractivity contribution in [1.82, 2.24) is 14.8 Å². The Hall–Kier alpha value is -1.85. The Labute approximate surface area is 161 Å². The number of ether oxygens (including phenoxy) is 1. The van der Waals surface area contributed by atoms with Crippen molar-refractivity contribution in [2.24, 2.45) is 5.41 Å². The molecule has 146 valence electrons. The number of amides is 1. The lowest BCUT2D eigenvalue weighted by molar-refractivity contribution is 0.0283. The van der Waals surface area contributed by atoms with Crippen LogP contribution in [0.5, 0.6) is 0 Å². The van der Waals surface area contributed by atoms with Gasteiger partial charge in [-0.05, 0) is 57.4 Å². The minimum atomic E-state index is 0.0476. The first-order valence-corrected chi connectivity index (χ1v) is 10.2. The van der Waals surface area contributed by atoms with Crippen molar-refractivity contribution in [3.63, 3.8) is 0 Å². The monoisotopic (exact) mass is 369 g/mol. The highest BCUT2D eigenvalue weighted by molar-refractivity contribution is 5.99. The summed E-state index contributed by atoms with van der Waals surface area (Å²) < 4.78 is 7.75. The molecule has 1 aliphatic heterocycles. The first-order chi connectivity index (χ1) is 13.0. The van der Waals surface area contributed by atoms with E-state index in [0.717, 1.165) is 51.5 Å². The maximum Gasteiger partial charge on any atom is 0.251 e. The first-order valence-electron chi connectivity index (χ1n) is 10.2. The van der Waals surface area contributed by atoms with Gasteiger partial charge in [0.1, 0.15) is 0 Å². The molecule has 1 N–H and O–H groups in total. The molecular formula is C22H31N3O2. The molecule has 1 saturated carbocycles. The Morgan fingerprint density at radius 2 is 1.96 bits per heavy atom. The van der Waals surface area contributed by atoms with Gasteiger partial charge in [-0.1, -0.05) is 0 Å². The number of morpholine rings is 1. The molecule has 2 heterocycles. The summed E-state index contributed by atoms with van der Waals surface area (Å²) in [4.78, 5) is 15.3. The Morgan fingerprint density at radius 3 is 2.63 bits per heavy atom. The molecule has 0 atom stereocenters. The maximum absolute atomic E-state index is 12.8. The summed E-state index contributed by atoms with van der Waals surface area (Å²) in [6.45, 7) is 13.0. The molecule has 2 aromatic rings. The second-order valence-corrected chi connectivity index (χ2v) is 8.26. The van der Waals surface area contributed by atoms with Crippen LogP contribution in [0, 0.1) is 19.3 Å². The van der Waals surface area contributed by atoms with Gasteiger partial charge in [0.15, 0.2) is 0 Å². The smallest absolute Gasteiger partial charge is 0.251 e. The van der Waals surface area contributed by atoms with Gasteiger partial charge in [0.05, 0.1) is 13.2 Å². The van der Waals surface area contributed by atoms with Crippen molar-refractivity contribution < 1.29 is 9.53 Å². The van der Waals surface area contributed by atoms with Gasteiger partial charge in [0.2, 0.25) is 0 Å². The number of hydrogen-bond donors (Lipinski definition) is 1. The quantitative estimate of drug-likeness (QED) is 0.851. The summed E-state index contributed by atoms with van der Waals surface area (Å²) in [5, 5.41) is 4.40. The van der Waals surface area contributed by atoms with Crippen molar-refractivity contribution >= 4 is 16.8 Å². The average molecular weight is 370 g/mol. The van der Waals surface area contributed by atoms with Gasteiger partial charge in [-0.25, -0.2) is 0 Å². The molecular weight excluding hydrogens is 338 g/mol. The molecule has 27 heavy (non-hydrogen) atoms. The Kier molecular flexibility index (Phi) is 4.99. The first kappa shape index (κ1) is 18.5. The highest BCUT2D eigenvalue weighted by Gasteiger charge is 2.44. The summed E-state index contributed by atoms with van der Waals surface area (Å²) >= 11 is 0. The predicted octanol–water partition coefficient (Wildman–Crippen LogP) is 3.12. The lowest BCUT2D eigenvalue weighted by atomic mass is 10.1. The van der Waals surface area contributed by atoms with Crippen LogP contribution < -0.4 is 5.32 Å². The molecule has 0 unspecified atom stereocenters. The summed E-state index contributed by atoms with van der Waals surface area (Å²) in [7, 11) is 0. The second-order valence-electron chi connectivity index (χ2n) is 8.26. The zero-order valence-electron chi connectivity index (χ0n) is 16.8. The largest absolute Gasteiger partial charge is 0.379 e. The SMILES string of the molecule is CCn1c(C)c(C)c2cc(C(=O)NCC3(CN4CCOCC4)CC3)ccc21. The molecule has 2 fully saturated rings. The number of aryl methyl sites for hydroxylation is 2. The van der Waals surface area contributed by atoms with E-state index < -0.39 is 0 Å². The van der Waals surface area contributed by atoms with E-state index >= 15 is 0 Å². The molecule has 1 aromatic carbocycles. The Balaban J connectivity index is 1.43. The molecule has 1 saturated heterocycles. The molecule has 0 spiro atoms. The number of carbonyl (C=O) groups is 1. The van der Waals surface area contributed by atoms with Crippen LogP contribution in [-0.4, -0.2) is 54.8 Å². The minimum Gasteiger partial charge on any atom is -0.379 e. The van der Waals surface area contributed by atoms with E-state index in [1.165, 1.54) is 35.0 Å². The Bertz CT molecular complexity index is 845. The summed E-state index contributed by atoms with van der Waals surface area (Å²) in [6.07, 6.45) is 2.42. The molecule has 1 amide bonds. The molecule has 1 aliphatic carbocycles. The number of carbonyl (C=O) groups excluding carboxylic acids is 1. The molecule has 5 nitrogen and oxygen atoms in total. The van der Waals surface area contributed by atoms with Crippen molar-refractivity contribution in [2.45, 2.75) is 40.2 Å². The zero-order chi connectivity index (χ0) is 19.0. The molecule has 5 heteroatoms. The fraction of sp³-hybridized carbons (Fsp3) is 0.591. The minimum absolute atomic E-state index is 0.0476. The molecule has 4 rings (SSSR count). The molecule has 0 radical (unpaired) electrons. The lowest BCUT2D eigenvalue weighted by Gasteiger charge is -2.30. The van der Waals surface area contributed by atoms with E-state index in [2.05, 4.69) is 47.7 Å². The van der Waals surface area contributed by atoms with Crippen LogP contribution in [0.25, 0.3) is 10.9 Å². The van der Waals surface area contributed by atoms with Gasteiger partial charge < -0.3 is 14.6 Å². The predicted molar refractivity (Wildman–Crippen MR) is 108 cm³/mol. The summed E-state index contributed by atoms with van der Waals surface area (Å²) in [5.41, 5.74) is 4.81. The third kappa shape index (κ3) is 3.63. The van der Waals surface area contributed by atoms with Gasteiger partial charge in [-0.2, -0.15) is 0 Å². The molecule has 1 aromatic heterocycles. The topological polar surface area (TPSA) is 46.5 Å². The van der Waals surface area contributed by atoms with E-state index in [-0.39, 0.29) is 11.3 Å². The standard InChI is InChI=1S/C22H31N3O2/c1-4-25-17(3)16(2)19-13-18(5-6-20(19)25)21(26)23-14-22(7-8-22)15-24-9-11-27-12-10-24/h5-6,13H,4,7-12,14-15H2,1-3H3,(H,23,26). The van der Waals surface area contributed by atoms with E-state index in [1.54, 1.807) is 0 Å². The molecule has 0 bridgehead atoms. The van der Waals surface area contributed by atoms with Crippen molar-refractivity contribution in [1.29, 1.82) is 0 Å². The summed E-state index contributed by atoms with van der Waals surface area (Å²) in [6, 6.07) is 6.11. The normalized spacial score (nSPS) is 19.4. The number of aromatic nitrogens is 1. The Morgan fingerprint density at radius 1 is 1.22 bits per heavy atom. The van der Waals surface area contributed by atoms with Crippen molar-refractivity contribution in [3.05, 3.63) is 35.0 Å². The lowest BCUT2D eigenvalue weighted by Crippen LogP contribution is -2.43. The highest BCUT2D eigenvalue weighted by Crippen LogP contribution is 2.45. The van der Waals surface area contributed by atoms with E-state index in [4.69, 9.17) is 4.74 Å². The van der Waals surface area contributed by atoms with Gasteiger partial charge in [0.25, 0.3) is 5.91 Å². The average Bonchev–Trinajstić information content (AvgIpc) is 3.41. The van der Waals surface area contributed by atoms with Crippen LogP contribution >= 0.6 is 0 Å². The van der Waals surface area contributed by atoms with Gasteiger partial charge >= 0.3 is 0 Å². The van der Waals surface area contributed by atoms with Crippen molar-refractivity contribution in [3.8, 4) is 0 Å². The third-order valence-electron chi connectivity index (χ3n) is 6.46. The van der Waals surface area contributed by atoms with Crippen molar-refractivity contribution in [2.75, 3.05) is 39.4 Å². The fourth-order valence-electron chi connectivity index (χ4n) is 4.37. The van der Waals surface area contributed by atoms with Crippen LogP contribution in [0.1, 0.15) is 41.4 Å². The van der Waals surface area contributed by atoms with Crippen LogP contribution in [-0.2, 0) is 11.3 Å². The third-order valence-corrected chi connectivity index (χ3v) is 6.46.